The van der Waals surface area contributed by atoms with Crippen molar-refractivity contribution in [3.63, 3.8) is 0 Å². The third kappa shape index (κ3) is 4.22. The number of aliphatic hydroxyl groups excluding tert-OH is 1. The number of aliphatic hydroxyl groups is 1. The van der Waals surface area contributed by atoms with Gasteiger partial charge in [0.05, 0.1) is 12.1 Å². The molecule has 1 rings (SSSR count). The van der Waals surface area contributed by atoms with Crippen LogP contribution in [0.4, 0.5) is 4.39 Å². The van der Waals surface area contributed by atoms with E-state index in [1.54, 1.807) is 7.05 Å². The molecule has 1 atom stereocenters. The van der Waals surface area contributed by atoms with E-state index in [0.717, 1.165) is 0 Å². The van der Waals surface area contributed by atoms with Gasteiger partial charge >= 0.3 is 0 Å². The highest BCUT2D eigenvalue weighted by atomic mass is 19.1. The molecule has 5 heteroatoms. The van der Waals surface area contributed by atoms with Crippen molar-refractivity contribution < 1.29 is 14.3 Å². The van der Waals surface area contributed by atoms with Gasteiger partial charge in [0, 0.05) is 19.5 Å². The summed E-state index contributed by atoms with van der Waals surface area (Å²) in [6, 6.07) is 0. The van der Waals surface area contributed by atoms with Gasteiger partial charge in [-0.25, -0.2) is 4.39 Å². The Labute approximate surface area is 106 Å². The molecule has 0 heterocycles. The SMILES string of the molecule is CNCCN(C=O)/C1=C(O)/C=C\CC(F)C#CC1. The number of carbonyl (C=O) groups is 1. The van der Waals surface area contributed by atoms with Crippen LogP contribution in [-0.2, 0) is 4.79 Å². The van der Waals surface area contributed by atoms with Crippen LogP contribution < -0.4 is 5.32 Å². The van der Waals surface area contributed by atoms with Gasteiger partial charge in [-0.2, -0.15) is 0 Å². The van der Waals surface area contributed by atoms with Crippen molar-refractivity contribution in [2.75, 3.05) is 20.1 Å². The largest absolute Gasteiger partial charge is 0.506 e. The van der Waals surface area contributed by atoms with Gasteiger partial charge in [0.2, 0.25) is 6.41 Å². The van der Waals surface area contributed by atoms with Crippen LogP contribution in [-0.4, -0.2) is 42.7 Å². The number of nitrogens with zero attached hydrogens (tertiary/aromatic N) is 1. The number of halogens is 1. The molecule has 0 saturated heterocycles. The van der Waals surface area contributed by atoms with E-state index in [0.29, 0.717) is 25.2 Å². The minimum absolute atomic E-state index is 0.0402. The topological polar surface area (TPSA) is 52.6 Å². The average molecular weight is 252 g/mol. The highest BCUT2D eigenvalue weighted by molar-refractivity contribution is 5.52. The van der Waals surface area contributed by atoms with Crippen molar-refractivity contribution in [1.29, 1.82) is 0 Å². The lowest BCUT2D eigenvalue weighted by atomic mass is 10.2. The number of hydrogen-bond acceptors (Lipinski definition) is 3. The molecule has 0 fully saturated rings. The quantitative estimate of drug-likeness (QED) is 0.569. The Morgan fingerprint density at radius 1 is 1.72 bits per heavy atom. The summed E-state index contributed by atoms with van der Waals surface area (Å²) < 4.78 is 13.1. The summed E-state index contributed by atoms with van der Waals surface area (Å²) in [5.74, 6) is 5.04. The normalized spacial score (nSPS) is 25.1. The summed E-state index contributed by atoms with van der Waals surface area (Å²) in [6.45, 7) is 1.02. The molecular weight excluding hydrogens is 235 g/mol. The molecule has 18 heavy (non-hydrogen) atoms. The molecule has 2 N–H and O–H groups in total. The second-order valence-corrected chi connectivity index (χ2v) is 3.84. The fourth-order valence-corrected chi connectivity index (χ4v) is 1.52. The third-order valence-corrected chi connectivity index (χ3v) is 2.51. The molecule has 1 unspecified atom stereocenters. The lowest BCUT2D eigenvalue weighted by molar-refractivity contribution is -0.116. The van der Waals surface area contributed by atoms with Crippen molar-refractivity contribution in [2.24, 2.45) is 0 Å². The number of hydrogen-bond donors (Lipinski definition) is 2. The van der Waals surface area contributed by atoms with Gasteiger partial charge in [-0.15, -0.1) is 0 Å². The smallest absolute Gasteiger partial charge is 0.214 e. The van der Waals surface area contributed by atoms with Crippen LogP contribution >= 0.6 is 0 Å². The van der Waals surface area contributed by atoms with E-state index in [1.165, 1.54) is 17.1 Å². The Kier molecular flexibility index (Phi) is 5.95. The minimum atomic E-state index is -1.23. The molecule has 0 aliphatic heterocycles. The van der Waals surface area contributed by atoms with Crippen LogP contribution in [0.25, 0.3) is 0 Å². The zero-order valence-electron chi connectivity index (χ0n) is 10.3. The van der Waals surface area contributed by atoms with Crippen LogP contribution in [0.1, 0.15) is 12.8 Å². The maximum Gasteiger partial charge on any atom is 0.214 e. The van der Waals surface area contributed by atoms with Crippen molar-refractivity contribution in [3.05, 3.63) is 23.6 Å². The number of carbonyl (C=O) groups excluding carboxylic acids is 1. The van der Waals surface area contributed by atoms with E-state index in [1.807, 2.05) is 0 Å². The van der Waals surface area contributed by atoms with E-state index in [-0.39, 0.29) is 18.6 Å². The summed E-state index contributed by atoms with van der Waals surface area (Å²) in [5, 5.41) is 12.8. The number of allylic oxidation sites excluding steroid dienone is 3. The molecule has 1 aliphatic rings. The van der Waals surface area contributed by atoms with E-state index >= 15 is 0 Å². The molecule has 1 amide bonds. The van der Waals surface area contributed by atoms with Gasteiger partial charge in [0.1, 0.15) is 5.76 Å². The second kappa shape index (κ2) is 7.51. The molecular formula is C13H17FN2O2. The zero-order valence-corrected chi connectivity index (χ0v) is 10.3. The Hall–Kier alpha value is -1.80. The first-order valence-electron chi connectivity index (χ1n) is 5.76. The van der Waals surface area contributed by atoms with E-state index in [9.17, 15) is 14.3 Å². The van der Waals surface area contributed by atoms with Crippen LogP contribution in [0.3, 0.4) is 0 Å². The average Bonchev–Trinajstić information content (AvgIpc) is 2.43. The van der Waals surface area contributed by atoms with E-state index < -0.39 is 6.17 Å². The fraction of sp³-hybridized carbons (Fsp3) is 0.462. The number of rotatable bonds is 5. The summed E-state index contributed by atoms with van der Waals surface area (Å²) in [4.78, 5) is 12.4. The highest BCUT2D eigenvalue weighted by Crippen LogP contribution is 2.14. The van der Waals surface area contributed by atoms with Crippen molar-refractivity contribution in [1.82, 2.24) is 10.2 Å². The summed E-state index contributed by atoms with van der Waals surface area (Å²) in [5.41, 5.74) is 0.401. The lowest BCUT2D eigenvalue weighted by Crippen LogP contribution is -2.30. The van der Waals surface area contributed by atoms with Crippen LogP contribution in [0.15, 0.2) is 23.6 Å². The molecule has 0 saturated carbocycles. The molecule has 0 bridgehead atoms. The number of alkyl halides is 1. The first-order chi connectivity index (χ1) is 8.69. The molecule has 1 aliphatic carbocycles. The van der Waals surface area contributed by atoms with Crippen LogP contribution in [0, 0.1) is 11.8 Å². The maximum atomic E-state index is 13.1. The number of nitrogens with one attached hydrogen (secondary N) is 1. The highest BCUT2D eigenvalue weighted by Gasteiger charge is 2.13. The predicted octanol–water partition coefficient (Wildman–Crippen LogP) is 1.13. The fourth-order valence-electron chi connectivity index (χ4n) is 1.52. The predicted molar refractivity (Wildman–Crippen MR) is 67.4 cm³/mol. The monoisotopic (exact) mass is 252 g/mol. The summed E-state index contributed by atoms with van der Waals surface area (Å²) in [7, 11) is 1.77. The Morgan fingerprint density at radius 2 is 2.50 bits per heavy atom. The van der Waals surface area contributed by atoms with E-state index in [2.05, 4.69) is 17.2 Å². The molecule has 0 aromatic carbocycles. The number of amides is 1. The van der Waals surface area contributed by atoms with Gasteiger partial charge in [-0.1, -0.05) is 17.9 Å². The van der Waals surface area contributed by atoms with Crippen molar-refractivity contribution in [2.45, 2.75) is 19.0 Å². The first kappa shape index (κ1) is 14.3. The second-order valence-electron chi connectivity index (χ2n) is 3.84. The standard InChI is InChI=1S/C13H17FN2O2/c1-15-8-9-16(10-17)12-6-2-4-11(14)5-3-7-13(12)18/h3,7,10-11,15,18H,5-6,8-9H2,1H3/b7-3-,13-12-. The Bertz CT molecular complexity index is 407. The number of likely N-dealkylation sites (N-methyl/N-ethyl adjacent to an activating group) is 1. The first-order valence-corrected chi connectivity index (χ1v) is 5.76. The van der Waals surface area contributed by atoms with E-state index in [4.69, 9.17) is 0 Å². The van der Waals surface area contributed by atoms with Crippen molar-refractivity contribution >= 4 is 6.41 Å². The summed E-state index contributed by atoms with van der Waals surface area (Å²) >= 11 is 0. The molecule has 0 radical (unpaired) electrons. The lowest BCUT2D eigenvalue weighted by Gasteiger charge is -2.20. The maximum absolute atomic E-state index is 13.1. The van der Waals surface area contributed by atoms with Gasteiger partial charge in [-0.3, -0.25) is 4.79 Å². The Balaban J connectivity index is 2.92. The molecule has 4 nitrogen and oxygen atoms in total. The minimum Gasteiger partial charge on any atom is -0.506 e. The Morgan fingerprint density at radius 3 is 3.17 bits per heavy atom. The molecule has 0 spiro atoms. The van der Waals surface area contributed by atoms with Gasteiger partial charge < -0.3 is 15.3 Å². The summed E-state index contributed by atoms with van der Waals surface area (Å²) in [6.07, 6.45) is 2.63. The molecule has 98 valence electrons. The molecule has 0 aromatic heterocycles. The van der Waals surface area contributed by atoms with Crippen LogP contribution in [0.2, 0.25) is 0 Å². The van der Waals surface area contributed by atoms with Gasteiger partial charge in [-0.05, 0) is 13.1 Å². The molecule has 0 aromatic rings. The van der Waals surface area contributed by atoms with Crippen molar-refractivity contribution in [3.8, 4) is 11.8 Å². The van der Waals surface area contributed by atoms with Gasteiger partial charge in [0.25, 0.3) is 0 Å². The third-order valence-electron chi connectivity index (χ3n) is 2.51. The zero-order chi connectivity index (χ0) is 13.4. The van der Waals surface area contributed by atoms with Gasteiger partial charge in [0.15, 0.2) is 6.17 Å². The van der Waals surface area contributed by atoms with Crippen LogP contribution in [0.5, 0.6) is 0 Å².